The van der Waals surface area contributed by atoms with E-state index in [0.717, 1.165) is 33.5 Å². The van der Waals surface area contributed by atoms with Gasteiger partial charge in [0, 0.05) is 28.2 Å². The van der Waals surface area contributed by atoms with Gasteiger partial charge in [0.15, 0.2) is 0 Å². The van der Waals surface area contributed by atoms with Crippen molar-refractivity contribution in [3.8, 4) is 34.3 Å². The van der Waals surface area contributed by atoms with Crippen molar-refractivity contribution in [1.82, 2.24) is 14.7 Å². The van der Waals surface area contributed by atoms with Gasteiger partial charge in [-0.3, -0.25) is 9.36 Å². The third-order valence-electron chi connectivity index (χ3n) is 6.22. The zero-order valence-corrected chi connectivity index (χ0v) is 20.2. The van der Waals surface area contributed by atoms with Crippen LogP contribution >= 0.6 is 0 Å². The van der Waals surface area contributed by atoms with Crippen LogP contribution in [0.25, 0.3) is 39.3 Å². The molecule has 2 aromatic heterocycles. The van der Waals surface area contributed by atoms with Crippen molar-refractivity contribution < 1.29 is 9.26 Å². The first-order chi connectivity index (χ1) is 18.2. The van der Waals surface area contributed by atoms with Crippen LogP contribution in [0, 0.1) is 6.92 Å². The zero-order chi connectivity index (χ0) is 25.2. The Morgan fingerprint density at radius 3 is 2.38 bits per heavy atom. The predicted octanol–water partition coefficient (Wildman–Crippen LogP) is 6.60. The van der Waals surface area contributed by atoms with Crippen LogP contribution in [-0.2, 0) is 6.61 Å². The number of pyridine rings is 1. The van der Waals surface area contributed by atoms with Crippen LogP contribution in [0.3, 0.4) is 0 Å². The molecule has 6 rings (SSSR count). The third-order valence-corrected chi connectivity index (χ3v) is 6.22. The number of aryl methyl sites for hydroxylation is 1. The fourth-order valence-corrected chi connectivity index (χ4v) is 4.32. The molecular formula is C31H23N3O3. The maximum atomic E-state index is 13.3. The normalized spacial score (nSPS) is 11.1. The zero-order valence-electron chi connectivity index (χ0n) is 20.2. The van der Waals surface area contributed by atoms with Crippen LogP contribution in [0.1, 0.15) is 11.1 Å². The second-order valence-electron chi connectivity index (χ2n) is 8.82. The number of nitrogens with zero attached hydrogens (tertiary/aromatic N) is 3. The Kier molecular flexibility index (Phi) is 5.83. The van der Waals surface area contributed by atoms with Crippen LogP contribution in [0.4, 0.5) is 0 Å². The van der Waals surface area contributed by atoms with Gasteiger partial charge in [0.05, 0.1) is 5.56 Å². The van der Waals surface area contributed by atoms with Gasteiger partial charge in [0.25, 0.3) is 11.4 Å². The topological polar surface area (TPSA) is 70.2 Å². The van der Waals surface area contributed by atoms with Gasteiger partial charge in [0.2, 0.25) is 5.82 Å². The summed E-state index contributed by atoms with van der Waals surface area (Å²) < 4.78 is 13.2. The lowest BCUT2D eigenvalue weighted by atomic mass is 10.1. The number of rotatable bonds is 6. The molecular weight excluding hydrogens is 462 g/mol. The molecule has 0 spiro atoms. The van der Waals surface area contributed by atoms with E-state index < -0.39 is 0 Å². The summed E-state index contributed by atoms with van der Waals surface area (Å²) in [5.41, 5.74) is 4.35. The summed E-state index contributed by atoms with van der Waals surface area (Å²) in [7, 11) is 0. The predicted molar refractivity (Wildman–Crippen MR) is 144 cm³/mol. The van der Waals surface area contributed by atoms with Crippen molar-refractivity contribution in [2.24, 2.45) is 0 Å². The van der Waals surface area contributed by atoms with Crippen molar-refractivity contribution in [3.05, 3.63) is 131 Å². The quantitative estimate of drug-likeness (QED) is 0.266. The van der Waals surface area contributed by atoms with E-state index in [2.05, 4.69) is 10.1 Å². The Balaban J connectivity index is 1.34. The molecule has 0 aliphatic carbocycles. The van der Waals surface area contributed by atoms with Crippen molar-refractivity contribution in [2.45, 2.75) is 13.5 Å². The molecule has 2 heterocycles. The first-order valence-corrected chi connectivity index (χ1v) is 12.0. The molecule has 37 heavy (non-hydrogen) atoms. The van der Waals surface area contributed by atoms with E-state index in [9.17, 15) is 4.79 Å². The highest BCUT2D eigenvalue weighted by atomic mass is 16.5. The molecule has 0 aliphatic heterocycles. The first kappa shape index (κ1) is 22.5. The standard InChI is InChI=1S/C31H23N3O3/c1-21-8-7-11-24(18-21)34-19-28(26-12-5-6-13-27(26)31(34)35)30-32-29(33-37-30)23-14-16-25(17-15-23)36-20-22-9-3-2-4-10-22/h2-19H,20H2,1H3. The number of ether oxygens (including phenoxy) is 1. The largest absolute Gasteiger partial charge is 0.489 e. The summed E-state index contributed by atoms with van der Waals surface area (Å²) in [6.45, 7) is 2.50. The molecule has 0 bridgehead atoms. The molecule has 0 aliphatic rings. The van der Waals surface area contributed by atoms with Crippen molar-refractivity contribution in [3.63, 3.8) is 0 Å². The van der Waals surface area contributed by atoms with Gasteiger partial charge in [0.1, 0.15) is 12.4 Å². The van der Waals surface area contributed by atoms with Gasteiger partial charge in [-0.1, -0.05) is 65.8 Å². The summed E-state index contributed by atoms with van der Waals surface area (Å²) >= 11 is 0. The van der Waals surface area contributed by atoms with Gasteiger partial charge >= 0.3 is 0 Å². The lowest BCUT2D eigenvalue weighted by Gasteiger charge is -2.11. The summed E-state index contributed by atoms with van der Waals surface area (Å²) in [6, 6.07) is 32.9. The van der Waals surface area contributed by atoms with Gasteiger partial charge in [-0.15, -0.1) is 0 Å². The second kappa shape index (κ2) is 9.59. The Bertz CT molecular complexity index is 1750. The van der Waals surface area contributed by atoms with Gasteiger partial charge in [-0.25, -0.2) is 0 Å². The average Bonchev–Trinajstić information content (AvgIpc) is 3.43. The van der Waals surface area contributed by atoms with Crippen LogP contribution in [0.2, 0.25) is 0 Å². The number of aromatic nitrogens is 3. The van der Waals surface area contributed by atoms with E-state index >= 15 is 0 Å². The summed E-state index contributed by atoms with van der Waals surface area (Å²) in [5, 5.41) is 5.56. The van der Waals surface area contributed by atoms with Crippen LogP contribution < -0.4 is 10.3 Å². The Labute approximate surface area is 213 Å². The fraction of sp³-hybridized carbons (Fsp3) is 0.0645. The minimum Gasteiger partial charge on any atom is -0.489 e. The van der Waals surface area contributed by atoms with E-state index in [1.807, 2.05) is 110 Å². The molecule has 0 saturated carbocycles. The molecule has 6 aromatic rings. The lowest BCUT2D eigenvalue weighted by Crippen LogP contribution is -2.18. The molecule has 0 N–H and O–H groups in total. The van der Waals surface area contributed by atoms with Crippen molar-refractivity contribution >= 4 is 10.8 Å². The molecule has 0 saturated heterocycles. The van der Waals surface area contributed by atoms with Crippen LogP contribution in [0.5, 0.6) is 5.75 Å². The minimum atomic E-state index is -0.101. The second-order valence-corrected chi connectivity index (χ2v) is 8.82. The van der Waals surface area contributed by atoms with Gasteiger partial charge in [-0.05, 0) is 60.5 Å². The number of hydrogen-bond acceptors (Lipinski definition) is 5. The molecule has 0 unspecified atom stereocenters. The Morgan fingerprint density at radius 1 is 0.838 bits per heavy atom. The maximum absolute atomic E-state index is 13.3. The van der Waals surface area contributed by atoms with Crippen LogP contribution in [0.15, 0.2) is 119 Å². The smallest absolute Gasteiger partial charge is 0.262 e. The van der Waals surface area contributed by atoms with Gasteiger partial charge in [-0.2, -0.15) is 4.98 Å². The maximum Gasteiger partial charge on any atom is 0.262 e. The molecule has 180 valence electrons. The lowest BCUT2D eigenvalue weighted by molar-refractivity contribution is 0.306. The highest BCUT2D eigenvalue weighted by molar-refractivity contribution is 5.94. The summed E-state index contributed by atoms with van der Waals surface area (Å²) in [4.78, 5) is 18.0. The molecule has 4 aromatic carbocycles. The monoisotopic (exact) mass is 485 g/mol. The molecule has 0 amide bonds. The van der Waals surface area contributed by atoms with Crippen molar-refractivity contribution in [2.75, 3.05) is 0 Å². The fourth-order valence-electron chi connectivity index (χ4n) is 4.32. The van der Waals surface area contributed by atoms with Crippen molar-refractivity contribution in [1.29, 1.82) is 0 Å². The SMILES string of the molecule is Cc1cccc(-n2cc(-c3nc(-c4ccc(OCc5ccccc5)cc4)no3)c3ccccc3c2=O)c1. The van der Waals surface area contributed by atoms with E-state index in [1.165, 1.54) is 0 Å². The van der Waals surface area contributed by atoms with E-state index in [1.54, 1.807) is 10.8 Å². The summed E-state index contributed by atoms with van der Waals surface area (Å²) in [5.74, 6) is 1.56. The highest BCUT2D eigenvalue weighted by Gasteiger charge is 2.17. The van der Waals surface area contributed by atoms with E-state index in [4.69, 9.17) is 9.26 Å². The molecule has 6 heteroatoms. The Morgan fingerprint density at radius 2 is 1.59 bits per heavy atom. The average molecular weight is 486 g/mol. The molecule has 0 atom stereocenters. The van der Waals surface area contributed by atoms with E-state index in [-0.39, 0.29) is 5.56 Å². The van der Waals surface area contributed by atoms with Crippen LogP contribution in [-0.4, -0.2) is 14.7 Å². The first-order valence-electron chi connectivity index (χ1n) is 12.0. The molecule has 0 fully saturated rings. The third kappa shape index (κ3) is 4.52. The Hall–Kier alpha value is -4.97. The van der Waals surface area contributed by atoms with E-state index in [0.29, 0.717) is 29.3 Å². The summed E-state index contributed by atoms with van der Waals surface area (Å²) in [6.07, 6.45) is 1.78. The van der Waals surface area contributed by atoms with Gasteiger partial charge < -0.3 is 9.26 Å². The molecule has 0 radical (unpaired) electrons. The highest BCUT2D eigenvalue weighted by Crippen LogP contribution is 2.29. The minimum absolute atomic E-state index is 0.101. The number of hydrogen-bond donors (Lipinski definition) is 0. The molecule has 6 nitrogen and oxygen atoms in total. The number of fused-ring (bicyclic) bond motifs is 1. The number of benzene rings is 4.